The van der Waals surface area contributed by atoms with Gasteiger partial charge < -0.3 is 4.74 Å². The van der Waals surface area contributed by atoms with Gasteiger partial charge in [-0.05, 0) is 62.1 Å². The highest BCUT2D eigenvalue weighted by atomic mass is 16.5. The van der Waals surface area contributed by atoms with Gasteiger partial charge in [0.25, 0.3) is 0 Å². The lowest BCUT2D eigenvalue weighted by molar-refractivity contribution is -0.122. The van der Waals surface area contributed by atoms with Crippen LogP contribution in [0.1, 0.15) is 36.8 Å². The van der Waals surface area contributed by atoms with Crippen LogP contribution in [0.25, 0.3) is 0 Å². The molecule has 0 N–H and O–H groups in total. The molecule has 2 aromatic rings. The molecular formula is C22H23NO3. The zero-order chi connectivity index (χ0) is 18.3. The third kappa shape index (κ3) is 2.79. The van der Waals surface area contributed by atoms with Gasteiger partial charge in [-0.15, -0.1) is 0 Å². The minimum Gasteiger partial charge on any atom is -0.457 e. The van der Waals surface area contributed by atoms with Crippen LogP contribution in [0.3, 0.4) is 0 Å². The molecule has 134 valence electrons. The topological polar surface area (TPSA) is 46.6 Å². The van der Waals surface area contributed by atoms with Crippen molar-refractivity contribution >= 4 is 17.5 Å². The Labute approximate surface area is 153 Å². The molecule has 0 spiro atoms. The average molecular weight is 349 g/mol. The molecule has 2 aromatic carbocycles. The molecule has 4 heteroatoms. The number of fused-ring (bicyclic) bond motifs is 1. The summed E-state index contributed by atoms with van der Waals surface area (Å²) in [5, 5.41) is 0. The van der Waals surface area contributed by atoms with Crippen molar-refractivity contribution in [3.63, 3.8) is 0 Å². The smallest absolute Gasteiger partial charge is 0.237 e. The first-order chi connectivity index (χ1) is 12.6. The molecule has 4 rings (SSSR count). The van der Waals surface area contributed by atoms with E-state index < -0.39 is 0 Å². The summed E-state index contributed by atoms with van der Waals surface area (Å²) in [4.78, 5) is 26.8. The highest BCUT2D eigenvalue weighted by Crippen LogP contribution is 2.40. The lowest BCUT2D eigenvalue weighted by Gasteiger charge is -2.19. The molecule has 2 amide bonds. The van der Waals surface area contributed by atoms with Crippen molar-refractivity contribution in [1.82, 2.24) is 0 Å². The van der Waals surface area contributed by atoms with Crippen molar-refractivity contribution < 1.29 is 14.3 Å². The summed E-state index contributed by atoms with van der Waals surface area (Å²) in [5.74, 6) is 1.22. The van der Waals surface area contributed by atoms with Crippen molar-refractivity contribution in [3.8, 4) is 11.5 Å². The number of ether oxygens (including phenoxy) is 1. The van der Waals surface area contributed by atoms with Gasteiger partial charge in [-0.2, -0.15) is 0 Å². The summed E-state index contributed by atoms with van der Waals surface area (Å²) in [6, 6.07) is 13.3. The van der Waals surface area contributed by atoms with Gasteiger partial charge in [0.05, 0.1) is 17.5 Å². The second kappa shape index (κ2) is 6.60. The van der Waals surface area contributed by atoms with E-state index in [9.17, 15) is 9.59 Å². The number of aryl methyl sites for hydroxylation is 2. The van der Waals surface area contributed by atoms with Crippen molar-refractivity contribution in [1.29, 1.82) is 0 Å². The molecule has 2 fully saturated rings. The maximum atomic E-state index is 12.7. The minimum atomic E-state index is -0.123. The van der Waals surface area contributed by atoms with Gasteiger partial charge in [0.2, 0.25) is 11.8 Å². The molecule has 4 nitrogen and oxygen atoms in total. The van der Waals surface area contributed by atoms with E-state index in [0.29, 0.717) is 11.4 Å². The van der Waals surface area contributed by atoms with Crippen molar-refractivity contribution in [2.24, 2.45) is 11.8 Å². The number of anilines is 1. The van der Waals surface area contributed by atoms with E-state index in [0.717, 1.165) is 42.6 Å². The van der Waals surface area contributed by atoms with E-state index >= 15 is 0 Å². The van der Waals surface area contributed by atoms with Crippen LogP contribution in [0.2, 0.25) is 0 Å². The Balaban J connectivity index is 1.56. The van der Waals surface area contributed by atoms with Gasteiger partial charge in [0.15, 0.2) is 0 Å². The molecule has 26 heavy (non-hydrogen) atoms. The quantitative estimate of drug-likeness (QED) is 0.750. The number of rotatable bonds is 3. The summed E-state index contributed by atoms with van der Waals surface area (Å²) in [5.41, 5.74) is 2.79. The number of hydrogen-bond donors (Lipinski definition) is 0. The third-order valence-corrected chi connectivity index (χ3v) is 5.56. The second-order valence-electron chi connectivity index (χ2n) is 7.33. The first-order valence-corrected chi connectivity index (χ1v) is 9.28. The molecule has 1 aliphatic heterocycles. The van der Waals surface area contributed by atoms with Gasteiger partial charge in [-0.3, -0.25) is 14.5 Å². The van der Waals surface area contributed by atoms with E-state index in [-0.39, 0.29) is 23.7 Å². The molecule has 1 saturated carbocycles. The lowest BCUT2D eigenvalue weighted by Crippen LogP contribution is -2.30. The third-order valence-electron chi connectivity index (χ3n) is 5.56. The second-order valence-corrected chi connectivity index (χ2v) is 7.33. The largest absolute Gasteiger partial charge is 0.457 e. The summed E-state index contributed by atoms with van der Waals surface area (Å²) in [7, 11) is 0. The van der Waals surface area contributed by atoms with E-state index in [1.807, 2.05) is 44.2 Å². The molecular weight excluding hydrogens is 326 g/mol. The number of benzene rings is 2. The van der Waals surface area contributed by atoms with Gasteiger partial charge in [-0.1, -0.05) is 31.0 Å². The number of amides is 2. The normalized spacial score (nSPS) is 22.5. The van der Waals surface area contributed by atoms with Crippen LogP contribution in [0.15, 0.2) is 42.5 Å². The van der Waals surface area contributed by atoms with Crippen molar-refractivity contribution in [2.45, 2.75) is 39.5 Å². The van der Waals surface area contributed by atoms with Crippen molar-refractivity contribution in [3.05, 3.63) is 53.6 Å². The van der Waals surface area contributed by atoms with E-state index in [1.54, 1.807) is 12.1 Å². The zero-order valence-electron chi connectivity index (χ0n) is 15.2. The SMILES string of the molecule is Cc1cccc(C)c1Oc1ccc(N2C(=O)[C@H]3CCCC[C@@H]3C2=O)cc1. The Bertz CT molecular complexity index is 812. The highest BCUT2D eigenvalue weighted by molar-refractivity contribution is 6.22. The van der Waals surface area contributed by atoms with E-state index in [4.69, 9.17) is 4.74 Å². The van der Waals surface area contributed by atoms with Crippen LogP contribution in [-0.4, -0.2) is 11.8 Å². The Morgan fingerprint density at radius 3 is 1.92 bits per heavy atom. The average Bonchev–Trinajstić information content (AvgIpc) is 2.90. The van der Waals surface area contributed by atoms with Crippen molar-refractivity contribution in [2.75, 3.05) is 4.90 Å². The zero-order valence-corrected chi connectivity index (χ0v) is 15.2. The fraction of sp³-hybridized carbons (Fsp3) is 0.364. The number of imide groups is 1. The first kappa shape index (κ1) is 16.8. The first-order valence-electron chi connectivity index (χ1n) is 9.28. The fourth-order valence-electron chi connectivity index (χ4n) is 4.16. The number of para-hydroxylation sites is 1. The Morgan fingerprint density at radius 1 is 0.846 bits per heavy atom. The van der Waals surface area contributed by atoms with Gasteiger partial charge in [0.1, 0.15) is 11.5 Å². The van der Waals surface area contributed by atoms with Crippen LogP contribution in [-0.2, 0) is 9.59 Å². The van der Waals surface area contributed by atoms with Crippen LogP contribution in [0, 0.1) is 25.7 Å². The molecule has 0 bridgehead atoms. The molecule has 1 saturated heterocycles. The van der Waals surface area contributed by atoms with Crippen LogP contribution in [0.4, 0.5) is 5.69 Å². The summed E-state index contributed by atoms with van der Waals surface area (Å²) >= 11 is 0. The molecule has 0 unspecified atom stereocenters. The van der Waals surface area contributed by atoms with Crippen LogP contribution < -0.4 is 9.64 Å². The van der Waals surface area contributed by atoms with E-state index in [1.165, 1.54) is 4.90 Å². The summed E-state index contributed by atoms with van der Waals surface area (Å²) in [6.45, 7) is 4.03. The van der Waals surface area contributed by atoms with Crippen LogP contribution >= 0.6 is 0 Å². The minimum absolute atomic E-state index is 0.0388. The van der Waals surface area contributed by atoms with Gasteiger partial charge in [0, 0.05) is 0 Å². The standard InChI is InChI=1S/C22H23NO3/c1-14-6-5-7-15(2)20(14)26-17-12-10-16(11-13-17)23-21(24)18-8-3-4-9-19(18)22(23)25/h5-7,10-13,18-19H,3-4,8-9H2,1-2H3/t18-,19-/m0/s1. The summed E-state index contributed by atoms with van der Waals surface area (Å²) in [6.07, 6.45) is 3.74. The molecule has 0 aromatic heterocycles. The molecule has 1 heterocycles. The fourth-order valence-corrected chi connectivity index (χ4v) is 4.16. The number of carbonyl (C=O) groups is 2. The predicted octanol–water partition coefficient (Wildman–Crippen LogP) is 4.78. The maximum absolute atomic E-state index is 12.7. The maximum Gasteiger partial charge on any atom is 0.237 e. The monoisotopic (exact) mass is 349 g/mol. The number of carbonyl (C=O) groups excluding carboxylic acids is 2. The predicted molar refractivity (Wildman–Crippen MR) is 100 cm³/mol. The Kier molecular flexibility index (Phi) is 4.27. The number of nitrogens with zero attached hydrogens (tertiary/aromatic N) is 1. The Morgan fingerprint density at radius 2 is 1.38 bits per heavy atom. The molecule has 2 atom stereocenters. The van der Waals surface area contributed by atoms with Crippen LogP contribution in [0.5, 0.6) is 11.5 Å². The van der Waals surface area contributed by atoms with Gasteiger partial charge in [-0.25, -0.2) is 0 Å². The van der Waals surface area contributed by atoms with Gasteiger partial charge >= 0.3 is 0 Å². The number of hydrogen-bond acceptors (Lipinski definition) is 3. The highest BCUT2D eigenvalue weighted by Gasteiger charge is 2.48. The summed E-state index contributed by atoms with van der Waals surface area (Å²) < 4.78 is 6.02. The molecule has 0 radical (unpaired) electrons. The van der Waals surface area contributed by atoms with E-state index in [2.05, 4.69) is 0 Å². The molecule has 2 aliphatic rings. The Hall–Kier alpha value is -2.62. The lowest BCUT2D eigenvalue weighted by atomic mass is 9.81. The molecule has 1 aliphatic carbocycles.